The van der Waals surface area contributed by atoms with E-state index in [4.69, 9.17) is 0 Å². The lowest BCUT2D eigenvalue weighted by molar-refractivity contribution is -0.135. The number of H-pyrrole nitrogens is 1. The molecule has 0 saturated carbocycles. The van der Waals surface area contributed by atoms with Gasteiger partial charge in [0.1, 0.15) is 6.04 Å². The summed E-state index contributed by atoms with van der Waals surface area (Å²) in [6.45, 7) is 0.192. The first-order valence-electron chi connectivity index (χ1n) is 11.5. The lowest BCUT2D eigenvalue weighted by Gasteiger charge is -2.25. The molecule has 1 heterocycles. The number of amides is 3. The SMILES string of the molecule is CN(Cc1ccccc1)C(=O)[C@H](Cc1ccccc1)NC(=O)CNC(=O)c1c[nH]c2ccccc12. The Kier molecular flexibility index (Phi) is 7.57. The summed E-state index contributed by atoms with van der Waals surface area (Å²) in [5.74, 6) is -0.987. The Labute approximate surface area is 204 Å². The van der Waals surface area contributed by atoms with Crippen LogP contribution in [-0.2, 0) is 22.6 Å². The summed E-state index contributed by atoms with van der Waals surface area (Å²) < 4.78 is 0. The number of hydrogen-bond acceptors (Lipinski definition) is 3. The molecule has 0 aliphatic carbocycles. The molecule has 0 aliphatic rings. The van der Waals surface area contributed by atoms with Gasteiger partial charge in [-0.3, -0.25) is 14.4 Å². The minimum absolute atomic E-state index is 0.200. The minimum Gasteiger partial charge on any atom is -0.360 e. The maximum absolute atomic E-state index is 13.3. The first kappa shape index (κ1) is 23.8. The summed E-state index contributed by atoms with van der Waals surface area (Å²) in [6.07, 6.45) is 1.97. The average Bonchev–Trinajstić information content (AvgIpc) is 3.32. The molecule has 4 rings (SSSR count). The molecule has 0 fully saturated rings. The molecular formula is C28H28N4O3. The highest BCUT2D eigenvalue weighted by molar-refractivity contribution is 6.07. The van der Waals surface area contributed by atoms with Gasteiger partial charge in [-0.05, 0) is 17.2 Å². The van der Waals surface area contributed by atoms with Gasteiger partial charge in [-0.1, -0.05) is 78.9 Å². The Morgan fingerprint density at radius 1 is 0.857 bits per heavy atom. The van der Waals surface area contributed by atoms with Crippen molar-refractivity contribution < 1.29 is 14.4 Å². The van der Waals surface area contributed by atoms with Crippen molar-refractivity contribution in [3.05, 3.63) is 108 Å². The Morgan fingerprint density at radius 3 is 2.20 bits per heavy atom. The highest BCUT2D eigenvalue weighted by Crippen LogP contribution is 2.17. The van der Waals surface area contributed by atoms with Crippen LogP contribution in [-0.4, -0.2) is 47.2 Å². The third kappa shape index (κ3) is 6.14. The monoisotopic (exact) mass is 468 g/mol. The smallest absolute Gasteiger partial charge is 0.253 e. The van der Waals surface area contributed by atoms with Crippen molar-refractivity contribution in [1.82, 2.24) is 20.5 Å². The Morgan fingerprint density at radius 2 is 1.49 bits per heavy atom. The van der Waals surface area contributed by atoms with Crippen LogP contribution in [0.4, 0.5) is 0 Å². The zero-order valence-electron chi connectivity index (χ0n) is 19.5. The van der Waals surface area contributed by atoms with Gasteiger partial charge in [-0.2, -0.15) is 0 Å². The van der Waals surface area contributed by atoms with Crippen molar-refractivity contribution in [2.75, 3.05) is 13.6 Å². The molecule has 7 heteroatoms. The summed E-state index contributed by atoms with van der Waals surface area (Å²) in [7, 11) is 1.72. The van der Waals surface area contributed by atoms with Crippen LogP contribution in [0.3, 0.4) is 0 Å². The van der Waals surface area contributed by atoms with E-state index in [1.807, 2.05) is 84.9 Å². The van der Waals surface area contributed by atoms with E-state index in [0.717, 1.165) is 22.0 Å². The molecule has 0 aliphatic heterocycles. The van der Waals surface area contributed by atoms with Crippen LogP contribution in [0.1, 0.15) is 21.5 Å². The molecule has 1 atom stereocenters. The highest BCUT2D eigenvalue weighted by Gasteiger charge is 2.25. The van der Waals surface area contributed by atoms with Crippen LogP contribution in [0.15, 0.2) is 91.1 Å². The fraction of sp³-hybridized carbons (Fsp3) is 0.179. The molecule has 7 nitrogen and oxygen atoms in total. The summed E-state index contributed by atoms with van der Waals surface area (Å²) in [5.41, 5.74) is 3.24. The van der Waals surface area contributed by atoms with Crippen LogP contribution >= 0.6 is 0 Å². The fourth-order valence-electron chi connectivity index (χ4n) is 4.01. The second kappa shape index (κ2) is 11.2. The molecule has 0 unspecified atom stereocenters. The molecule has 4 aromatic rings. The normalized spacial score (nSPS) is 11.6. The zero-order chi connectivity index (χ0) is 24.6. The van der Waals surface area contributed by atoms with Gasteiger partial charge >= 0.3 is 0 Å². The lowest BCUT2D eigenvalue weighted by atomic mass is 10.0. The predicted octanol–water partition coefficient (Wildman–Crippen LogP) is 3.28. The van der Waals surface area contributed by atoms with E-state index in [-0.39, 0.29) is 18.4 Å². The number of rotatable bonds is 9. The first-order valence-corrected chi connectivity index (χ1v) is 11.5. The summed E-state index contributed by atoms with van der Waals surface area (Å²) >= 11 is 0. The molecule has 35 heavy (non-hydrogen) atoms. The number of nitrogens with one attached hydrogen (secondary N) is 3. The van der Waals surface area contributed by atoms with Crippen molar-refractivity contribution in [3.8, 4) is 0 Å². The van der Waals surface area contributed by atoms with Gasteiger partial charge in [0.05, 0.1) is 12.1 Å². The number of hydrogen-bond donors (Lipinski definition) is 3. The van der Waals surface area contributed by atoms with E-state index in [1.54, 1.807) is 18.1 Å². The van der Waals surface area contributed by atoms with Crippen molar-refractivity contribution in [2.45, 2.75) is 19.0 Å². The zero-order valence-corrected chi connectivity index (χ0v) is 19.5. The van der Waals surface area contributed by atoms with Gasteiger partial charge in [0, 0.05) is 37.1 Å². The predicted molar refractivity (Wildman–Crippen MR) is 136 cm³/mol. The molecule has 0 radical (unpaired) electrons. The number of likely N-dealkylation sites (N-methyl/N-ethyl adjacent to an activating group) is 1. The van der Waals surface area contributed by atoms with Gasteiger partial charge in [0.15, 0.2) is 0 Å². The molecule has 0 spiro atoms. The van der Waals surface area contributed by atoms with Gasteiger partial charge in [-0.25, -0.2) is 0 Å². The molecule has 3 amide bonds. The topological polar surface area (TPSA) is 94.3 Å². The average molecular weight is 469 g/mol. The van der Waals surface area contributed by atoms with E-state index < -0.39 is 11.9 Å². The fourth-order valence-corrected chi connectivity index (χ4v) is 4.01. The van der Waals surface area contributed by atoms with Crippen LogP contribution in [0.25, 0.3) is 10.9 Å². The van der Waals surface area contributed by atoms with Crippen LogP contribution in [0, 0.1) is 0 Å². The van der Waals surface area contributed by atoms with E-state index in [2.05, 4.69) is 15.6 Å². The molecule has 178 valence electrons. The third-order valence-corrected chi connectivity index (χ3v) is 5.80. The molecule has 0 bridgehead atoms. The number of nitrogens with zero attached hydrogens (tertiary/aromatic N) is 1. The van der Waals surface area contributed by atoms with Gasteiger partial charge < -0.3 is 20.5 Å². The highest BCUT2D eigenvalue weighted by atomic mass is 16.2. The second-order valence-corrected chi connectivity index (χ2v) is 8.42. The molecule has 1 aromatic heterocycles. The van der Waals surface area contributed by atoms with E-state index >= 15 is 0 Å². The van der Waals surface area contributed by atoms with Gasteiger partial charge in [0.25, 0.3) is 5.91 Å². The molecular weight excluding hydrogens is 440 g/mol. The number of aromatic nitrogens is 1. The van der Waals surface area contributed by atoms with Crippen molar-refractivity contribution in [1.29, 1.82) is 0 Å². The number of para-hydroxylation sites is 1. The lowest BCUT2D eigenvalue weighted by Crippen LogP contribution is -2.50. The number of benzene rings is 3. The van der Waals surface area contributed by atoms with Crippen molar-refractivity contribution in [2.24, 2.45) is 0 Å². The number of carbonyl (C=O) groups is 3. The second-order valence-electron chi connectivity index (χ2n) is 8.42. The summed E-state index contributed by atoms with van der Waals surface area (Å²) in [4.78, 5) is 43.4. The maximum Gasteiger partial charge on any atom is 0.253 e. The van der Waals surface area contributed by atoms with Gasteiger partial charge in [0.2, 0.25) is 11.8 Å². The molecule has 3 aromatic carbocycles. The van der Waals surface area contributed by atoms with E-state index in [9.17, 15) is 14.4 Å². The largest absolute Gasteiger partial charge is 0.360 e. The third-order valence-electron chi connectivity index (χ3n) is 5.80. The van der Waals surface area contributed by atoms with Crippen molar-refractivity contribution >= 4 is 28.6 Å². The van der Waals surface area contributed by atoms with Crippen molar-refractivity contribution in [3.63, 3.8) is 0 Å². The summed E-state index contributed by atoms with van der Waals surface area (Å²) in [5, 5.41) is 6.26. The number of fused-ring (bicyclic) bond motifs is 1. The molecule has 3 N–H and O–H groups in total. The quantitative estimate of drug-likeness (QED) is 0.352. The van der Waals surface area contributed by atoms with Gasteiger partial charge in [-0.15, -0.1) is 0 Å². The molecule has 0 saturated heterocycles. The minimum atomic E-state index is -0.761. The first-order chi connectivity index (χ1) is 17.0. The maximum atomic E-state index is 13.3. The van der Waals surface area contributed by atoms with E-state index in [1.165, 1.54) is 0 Å². The van der Waals surface area contributed by atoms with E-state index in [0.29, 0.717) is 18.5 Å². The Bertz CT molecular complexity index is 1300. The van der Waals surface area contributed by atoms with Crippen LogP contribution < -0.4 is 10.6 Å². The van der Waals surface area contributed by atoms with Crippen LogP contribution in [0.2, 0.25) is 0 Å². The number of carbonyl (C=O) groups excluding carboxylic acids is 3. The standard InChI is InChI=1S/C28H28N4O3/c1-32(19-21-12-6-3-7-13-21)28(35)25(16-20-10-4-2-5-11-20)31-26(33)18-30-27(34)23-17-29-24-15-9-8-14-22(23)24/h2-15,17,25,29H,16,18-19H2,1H3,(H,30,34)(H,31,33)/t25-/m0/s1. The summed E-state index contributed by atoms with van der Waals surface area (Å²) in [6, 6.07) is 25.9. The Hall–Kier alpha value is -4.39. The number of aromatic amines is 1. The Balaban J connectivity index is 1.41. The van der Waals surface area contributed by atoms with Crippen LogP contribution in [0.5, 0.6) is 0 Å².